The number of carbonyl (C=O) groups excluding carboxylic acids is 1. The largest absolute Gasteiger partial charge is 0.398 e. The molecular formula is C11H14BrN3O. The van der Waals surface area contributed by atoms with Crippen molar-refractivity contribution in [3.8, 4) is 0 Å². The first-order valence-electron chi connectivity index (χ1n) is 5.15. The van der Waals surface area contributed by atoms with Crippen molar-refractivity contribution in [1.29, 1.82) is 0 Å². The molecule has 4 nitrogen and oxygen atoms in total. The van der Waals surface area contributed by atoms with E-state index >= 15 is 0 Å². The highest BCUT2D eigenvalue weighted by atomic mass is 79.9. The van der Waals surface area contributed by atoms with Crippen LogP contribution in [-0.4, -0.2) is 18.5 Å². The van der Waals surface area contributed by atoms with Crippen molar-refractivity contribution in [1.82, 2.24) is 5.32 Å². The molecule has 0 aliphatic carbocycles. The molecule has 5 heteroatoms. The summed E-state index contributed by atoms with van der Waals surface area (Å²) in [5, 5.41) is 6.12. The average Bonchev–Trinajstić information content (AvgIpc) is 2.60. The number of aryl methyl sites for hydroxylation is 1. The molecule has 1 heterocycles. The summed E-state index contributed by atoms with van der Waals surface area (Å²) in [4.78, 5) is 11.1. The minimum Gasteiger partial charge on any atom is -0.398 e. The van der Waals surface area contributed by atoms with E-state index in [4.69, 9.17) is 5.73 Å². The van der Waals surface area contributed by atoms with E-state index in [9.17, 15) is 4.79 Å². The number of nitrogens with one attached hydrogen (secondary N) is 2. The summed E-state index contributed by atoms with van der Waals surface area (Å²) in [7, 11) is 0. The molecule has 0 bridgehead atoms. The standard InChI is InChI=1S/C11H14BrN3O/c1-6-2-10(8(12)4-9(6)13)15-7-3-11(16)14-5-7/h2,4,7,15H,3,5,13H2,1H3,(H,14,16). The normalized spacial score (nSPS) is 19.6. The molecular weight excluding hydrogens is 270 g/mol. The van der Waals surface area contributed by atoms with E-state index in [1.165, 1.54) is 0 Å². The Morgan fingerprint density at radius 2 is 2.31 bits per heavy atom. The summed E-state index contributed by atoms with van der Waals surface area (Å²) >= 11 is 3.46. The molecule has 1 amide bonds. The molecule has 0 spiro atoms. The van der Waals surface area contributed by atoms with Crippen LogP contribution in [0.2, 0.25) is 0 Å². The molecule has 1 aliphatic heterocycles. The third kappa shape index (κ3) is 2.29. The highest BCUT2D eigenvalue weighted by Gasteiger charge is 2.21. The number of carbonyl (C=O) groups is 1. The van der Waals surface area contributed by atoms with E-state index in [0.717, 1.165) is 21.4 Å². The lowest BCUT2D eigenvalue weighted by atomic mass is 10.1. The third-order valence-corrected chi connectivity index (χ3v) is 3.35. The zero-order valence-electron chi connectivity index (χ0n) is 9.01. The Balaban J connectivity index is 2.15. The SMILES string of the molecule is Cc1cc(NC2CNC(=O)C2)c(Br)cc1N. The molecule has 0 aromatic heterocycles. The third-order valence-electron chi connectivity index (χ3n) is 2.69. The first kappa shape index (κ1) is 11.3. The van der Waals surface area contributed by atoms with Crippen LogP contribution in [0, 0.1) is 6.92 Å². The lowest BCUT2D eigenvalue weighted by molar-refractivity contribution is -0.119. The second-order valence-corrected chi connectivity index (χ2v) is 4.89. The number of benzene rings is 1. The van der Waals surface area contributed by atoms with Gasteiger partial charge in [-0.1, -0.05) is 0 Å². The summed E-state index contributed by atoms with van der Waals surface area (Å²) in [5.41, 5.74) is 8.57. The average molecular weight is 284 g/mol. The van der Waals surface area contributed by atoms with Gasteiger partial charge in [0.2, 0.25) is 5.91 Å². The Morgan fingerprint density at radius 3 is 2.94 bits per heavy atom. The van der Waals surface area contributed by atoms with Crippen LogP contribution in [0.3, 0.4) is 0 Å². The molecule has 1 aromatic carbocycles. The molecule has 1 saturated heterocycles. The van der Waals surface area contributed by atoms with E-state index in [0.29, 0.717) is 13.0 Å². The topological polar surface area (TPSA) is 67.1 Å². The Morgan fingerprint density at radius 1 is 1.56 bits per heavy atom. The van der Waals surface area contributed by atoms with E-state index < -0.39 is 0 Å². The lowest BCUT2D eigenvalue weighted by Crippen LogP contribution is -2.22. The van der Waals surface area contributed by atoms with Crippen molar-refractivity contribution in [2.75, 3.05) is 17.6 Å². The van der Waals surface area contributed by atoms with Gasteiger partial charge < -0.3 is 16.4 Å². The van der Waals surface area contributed by atoms with Gasteiger partial charge in [0.25, 0.3) is 0 Å². The molecule has 0 radical (unpaired) electrons. The number of rotatable bonds is 2. The molecule has 1 aliphatic rings. The van der Waals surface area contributed by atoms with Gasteiger partial charge in [0.1, 0.15) is 0 Å². The Hall–Kier alpha value is -1.23. The number of hydrogen-bond acceptors (Lipinski definition) is 3. The van der Waals surface area contributed by atoms with Gasteiger partial charge in [-0.05, 0) is 40.5 Å². The first-order chi connectivity index (χ1) is 7.56. The Labute approximate surface area is 103 Å². The molecule has 0 saturated carbocycles. The van der Waals surface area contributed by atoms with Crippen molar-refractivity contribution in [2.24, 2.45) is 0 Å². The quantitative estimate of drug-likeness (QED) is 0.723. The van der Waals surface area contributed by atoms with Crippen molar-refractivity contribution < 1.29 is 4.79 Å². The molecule has 16 heavy (non-hydrogen) atoms. The van der Waals surface area contributed by atoms with Crippen molar-refractivity contribution in [3.63, 3.8) is 0 Å². The van der Waals surface area contributed by atoms with Crippen LogP contribution in [-0.2, 0) is 4.79 Å². The van der Waals surface area contributed by atoms with Crippen LogP contribution < -0.4 is 16.4 Å². The van der Waals surface area contributed by atoms with Crippen molar-refractivity contribution in [2.45, 2.75) is 19.4 Å². The predicted molar refractivity (Wildman–Crippen MR) is 68.3 cm³/mol. The van der Waals surface area contributed by atoms with Gasteiger partial charge in [0.05, 0.1) is 6.04 Å². The molecule has 86 valence electrons. The maximum absolute atomic E-state index is 11.1. The van der Waals surface area contributed by atoms with Gasteiger partial charge in [-0.15, -0.1) is 0 Å². The van der Waals surface area contributed by atoms with Crippen molar-refractivity contribution >= 4 is 33.2 Å². The van der Waals surface area contributed by atoms with E-state index in [2.05, 4.69) is 26.6 Å². The van der Waals surface area contributed by atoms with Gasteiger partial charge in [-0.25, -0.2) is 0 Å². The van der Waals surface area contributed by atoms with E-state index in [-0.39, 0.29) is 11.9 Å². The molecule has 1 unspecified atom stereocenters. The fourth-order valence-electron chi connectivity index (χ4n) is 1.73. The number of halogens is 1. The maximum atomic E-state index is 11.1. The second kappa shape index (κ2) is 4.33. The van der Waals surface area contributed by atoms with Crippen LogP contribution >= 0.6 is 15.9 Å². The fraction of sp³-hybridized carbons (Fsp3) is 0.364. The van der Waals surface area contributed by atoms with Crippen LogP contribution in [0.5, 0.6) is 0 Å². The number of amides is 1. The second-order valence-electron chi connectivity index (χ2n) is 4.04. The summed E-state index contributed by atoms with van der Waals surface area (Å²) < 4.78 is 0.926. The van der Waals surface area contributed by atoms with Gasteiger partial charge in [0.15, 0.2) is 0 Å². The molecule has 1 atom stereocenters. The van der Waals surface area contributed by atoms with Crippen LogP contribution in [0.1, 0.15) is 12.0 Å². The summed E-state index contributed by atoms with van der Waals surface area (Å²) in [5.74, 6) is 0.0980. The highest BCUT2D eigenvalue weighted by molar-refractivity contribution is 9.10. The van der Waals surface area contributed by atoms with Crippen LogP contribution in [0.15, 0.2) is 16.6 Å². The minimum absolute atomic E-state index is 0.0980. The molecule has 1 fully saturated rings. The van der Waals surface area contributed by atoms with Crippen LogP contribution in [0.25, 0.3) is 0 Å². The van der Waals surface area contributed by atoms with Crippen molar-refractivity contribution in [3.05, 3.63) is 22.2 Å². The van der Waals surface area contributed by atoms with E-state index in [1.807, 2.05) is 19.1 Å². The molecule has 2 rings (SSSR count). The Kier molecular flexibility index (Phi) is 3.05. The smallest absolute Gasteiger partial charge is 0.222 e. The minimum atomic E-state index is 0.0980. The zero-order chi connectivity index (χ0) is 11.7. The molecule has 4 N–H and O–H groups in total. The summed E-state index contributed by atoms with van der Waals surface area (Å²) in [6.45, 7) is 2.64. The number of nitrogens with two attached hydrogens (primary N) is 1. The Bertz CT molecular complexity index is 433. The monoisotopic (exact) mass is 283 g/mol. The first-order valence-corrected chi connectivity index (χ1v) is 5.94. The fourth-order valence-corrected chi connectivity index (χ4v) is 2.21. The predicted octanol–water partition coefficient (Wildman–Crippen LogP) is 1.64. The number of anilines is 2. The van der Waals surface area contributed by atoms with Gasteiger partial charge in [0, 0.05) is 28.8 Å². The zero-order valence-corrected chi connectivity index (χ0v) is 10.6. The molecule has 1 aromatic rings. The van der Waals surface area contributed by atoms with E-state index in [1.54, 1.807) is 0 Å². The number of nitrogen functional groups attached to an aromatic ring is 1. The van der Waals surface area contributed by atoms with Gasteiger partial charge >= 0.3 is 0 Å². The highest BCUT2D eigenvalue weighted by Crippen LogP contribution is 2.28. The van der Waals surface area contributed by atoms with Gasteiger partial charge in [-0.2, -0.15) is 0 Å². The maximum Gasteiger partial charge on any atom is 0.222 e. The summed E-state index contributed by atoms with van der Waals surface area (Å²) in [6, 6.07) is 4.02. The summed E-state index contributed by atoms with van der Waals surface area (Å²) in [6.07, 6.45) is 0.524. The lowest BCUT2D eigenvalue weighted by Gasteiger charge is -2.15. The number of hydrogen-bond donors (Lipinski definition) is 3. The van der Waals surface area contributed by atoms with Crippen LogP contribution in [0.4, 0.5) is 11.4 Å². The van der Waals surface area contributed by atoms with Gasteiger partial charge in [-0.3, -0.25) is 4.79 Å².